The fourth-order valence-corrected chi connectivity index (χ4v) is 10.6. The summed E-state index contributed by atoms with van der Waals surface area (Å²) in [6.45, 7) is 4.10. The van der Waals surface area contributed by atoms with Crippen LogP contribution in [0.1, 0.15) is 66.6 Å². The molecule has 3 aliphatic carbocycles. The molecule has 0 radical (unpaired) electrons. The summed E-state index contributed by atoms with van der Waals surface area (Å²) in [6.07, 6.45) is 3.01. The number of thiophene rings is 3. The minimum Gasteiger partial charge on any atom is -0.285 e. The number of halogens is 4. The Labute approximate surface area is 257 Å². The fraction of sp³-hybridized carbons (Fsp3) is 0.0909. The summed E-state index contributed by atoms with van der Waals surface area (Å²) < 4.78 is 58.5. The molecule has 0 bridgehead atoms. The average molecular weight is 647 g/mol. The molecule has 3 aromatic heterocycles. The van der Waals surface area contributed by atoms with Crippen LogP contribution in [-0.2, 0) is 15.0 Å². The maximum Gasteiger partial charge on any atom is 0.237 e. The number of fused-ring (bicyclic) bond motifs is 7. The number of hydrogen-bond donors (Lipinski definition) is 0. The Kier molecular flexibility index (Phi) is 5.49. The van der Waals surface area contributed by atoms with E-state index in [0.29, 0.717) is 21.9 Å². The highest BCUT2D eigenvalue weighted by atomic mass is 32.1. The summed E-state index contributed by atoms with van der Waals surface area (Å²) in [5, 5.41) is 0. The second kappa shape index (κ2) is 8.87. The predicted octanol–water partition coefficient (Wildman–Crippen LogP) is 8.50. The Bertz CT molecular complexity index is 2330. The highest BCUT2D eigenvalue weighted by molar-refractivity contribution is 7.32. The molecule has 4 nitrogen and oxygen atoms in total. The molecule has 3 aliphatic rings. The molecular weight excluding hydrogens is 633 g/mol. The van der Waals surface area contributed by atoms with Crippen LogP contribution in [0.5, 0.6) is 0 Å². The van der Waals surface area contributed by atoms with E-state index >= 15 is 0 Å². The van der Waals surface area contributed by atoms with Crippen molar-refractivity contribution in [2.24, 2.45) is 0 Å². The smallest absolute Gasteiger partial charge is 0.237 e. The van der Waals surface area contributed by atoms with Gasteiger partial charge in [0.05, 0.1) is 20.7 Å². The Balaban J connectivity index is 1.21. The Hall–Kier alpha value is -4.32. The second-order valence-corrected chi connectivity index (χ2v) is 14.4. The molecule has 0 amide bonds. The van der Waals surface area contributed by atoms with Gasteiger partial charge in [0.15, 0.2) is 0 Å². The first kappa shape index (κ1) is 27.2. The van der Waals surface area contributed by atoms with Crippen molar-refractivity contribution in [3.8, 4) is 9.75 Å². The lowest BCUT2D eigenvalue weighted by molar-refractivity contribution is -0.110. The molecule has 3 heterocycles. The first-order valence-corrected chi connectivity index (χ1v) is 15.6. The number of benzene rings is 2. The third kappa shape index (κ3) is 3.54. The summed E-state index contributed by atoms with van der Waals surface area (Å²) in [6, 6.07) is 6.95. The summed E-state index contributed by atoms with van der Waals surface area (Å²) >= 11 is 4.34. The van der Waals surface area contributed by atoms with E-state index in [1.54, 1.807) is 0 Å². The third-order valence-electron chi connectivity index (χ3n) is 8.26. The molecule has 0 saturated carbocycles. The number of rotatable bonds is 2. The first-order valence-electron chi connectivity index (χ1n) is 13.2. The quantitative estimate of drug-likeness (QED) is 0.110. The van der Waals surface area contributed by atoms with Crippen molar-refractivity contribution in [1.82, 2.24) is 0 Å². The van der Waals surface area contributed by atoms with Gasteiger partial charge in [-0.05, 0) is 47.5 Å². The van der Waals surface area contributed by atoms with Gasteiger partial charge in [-0.25, -0.2) is 17.6 Å². The van der Waals surface area contributed by atoms with Crippen molar-refractivity contribution in [3.63, 3.8) is 0 Å². The van der Waals surface area contributed by atoms with Gasteiger partial charge in [-0.3, -0.25) is 19.2 Å². The summed E-state index contributed by atoms with van der Waals surface area (Å²) in [5.74, 6) is -7.66. The van der Waals surface area contributed by atoms with E-state index in [1.165, 1.54) is 46.2 Å². The van der Waals surface area contributed by atoms with E-state index in [0.717, 1.165) is 42.4 Å². The number of hydrogen-bond acceptors (Lipinski definition) is 7. The van der Waals surface area contributed by atoms with Crippen LogP contribution in [-0.4, -0.2) is 23.1 Å². The van der Waals surface area contributed by atoms with E-state index < -0.39 is 62.9 Å². The predicted molar refractivity (Wildman–Crippen MR) is 162 cm³/mol. The topological polar surface area (TPSA) is 68.3 Å². The SMILES string of the molecule is CC1(C)c2cc(/C=C3\C(=O)C(=O)c4c(F)cc(F)cc43)sc2-c2sc3cc(/C=C4\C(=O)C(=O)c5c(F)cc(F)cc54)sc3c21. The molecule has 0 N–H and O–H groups in total. The minimum absolute atomic E-state index is 0.0486. The molecule has 0 unspecified atom stereocenters. The molecule has 44 heavy (non-hydrogen) atoms. The molecule has 216 valence electrons. The summed E-state index contributed by atoms with van der Waals surface area (Å²) in [5.41, 5.74) is 0.541. The van der Waals surface area contributed by atoms with Gasteiger partial charge < -0.3 is 0 Å². The van der Waals surface area contributed by atoms with E-state index in [9.17, 15) is 36.7 Å². The number of carbonyl (C=O) groups is 4. The van der Waals surface area contributed by atoms with E-state index in [2.05, 4.69) is 13.8 Å². The van der Waals surface area contributed by atoms with Gasteiger partial charge in [0.2, 0.25) is 23.1 Å². The van der Waals surface area contributed by atoms with Crippen molar-refractivity contribution in [2.75, 3.05) is 0 Å². The summed E-state index contributed by atoms with van der Waals surface area (Å²) in [4.78, 5) is 53.6. The monoisotopic (exact) mass is 646 g/mol. The van der Waals surface area contributed by atoms with E-state index in [4.69, 9.17) is 0 Å². The lowest BCUT2D eigenvalue weighted by atomic mass is 9.84. The van der Waals surface area contributed by atoms with Crippen LogP contribution < -0.4 is 0 Å². The second-order valence-electron chi connectivity index (χ2n) is 11.2. The highest BCUT2D eigenvalue weighted by Gasteiger charge is 2.42. The van der Waals surface area contributed by atoms with Crippen molar-refractivity contribution in [3.05, 3.63) is 103 Å². The van der Waals surface area contributed by atoms with Crippen molar-refractivity contribution in [1.29, 1.82) is 0 Å². The van der Waals surface area contributed by atoms with Gasteiger partial charge in [0.25, 0.3) is 0 Å². The van der Waals surface area contributed by atoms with Gasteiger partial charge in [-0.15, -0.1) is 34.0 Å². The molecule has 0 fully saturated rings. The highest BCUT2D eigenvalue weighted by Crippen LogP contribution is 2.59. The van der Waals surface area contributed by atoms with Crippen LogP contribution in [0.25, 0.3) is 42.5 Å². The van der Waals surface area contributed by atoms with Crippen molar-refractivity contribution >= 4 is 89.8 Å². The zero-order chi connectivity index (χ0) is 31.0. The van der Waals surface area contributed by atoms with Crippen LogP contribution in [0.2, 0.25) is 0 Å². The Morgan fingerprint density at radius 3 is 1.68 bits per heavy atom. The molecule has 11 heteroatoms. The normalized spacial score (nSPS) is 18.2. The van der Waals surface area contributed by atoms with Crippen molar-refractivity contribution in [2.45, 2.75) is 19.3 Å². The maximum atomic E-state index is 14.3. The van der Waals surface area contributed by atoms with Crippen LogP contribution in [0.15, 0.2) is 36.4 Å². The van der Waals surface area contributed by atoms with Crippen LogP contribution in [0, 0.1) is 23.3 Å². The van der Waals surface area contributed by atoms with Gasteiger partial charge in [0.1, 0.15) is 23.3 Å². The molecular formula is C33H14F4O4S3. The van der Waals surface area contributed by atoms with Gasteiger partial charge in [-0.1, -0.05) is 13.8 Å². The first-order chi connectivity index (χ1) is 20.8. The maximum absolute atomic E-state index is 14.3. The van der Waals surface area contributed by atoms with Crippen LogP contribution >= 0.6 is 34.0 Å². The standard InChI is InChI=1S/C33H14F4O4S3/c1-33(2)19-9-13(7-17-15-3-11(34)5-20(36)23(15)28(40)26(17)38)42-30(19)32-25(33)31-22(44-32)10-14(43-31)8-18-16-4-12(35)6-21(37)24(16)29(41)27(18)39/h3-10H,1-2H3/b17-7-,18-8-. The Morgan fingerprint density at radius 1 is 0.614 bits per heavy atom. The zero-order valence-electron chi connectivity index (χ0n) is 22.5. The molecule has 2 aromatic carbocycles. The molecule has 8 rings (SSSR count). The Morgan fingerprint density at radius 2 is 1.14 bits per heavy atom. The molecule has 0 spiro atoms. The van der Waals surface area contributed by atoms with Gasteiger partial charge >= 0.3 is 0 Å². The third-order valence-corrected chi connectivity index (χ3v) is 11.9. The molecule has 0 atom stereocenters. The minimum atomic E-state index is -1.07. The number of ketones is 4. The number of allylic oxidation sites excluding steroid dienone is 2. The van der Waals surface area contributed by atoms with E-state index in [-0.39, 0.29) is 22.3 Å². The van der Waals surface area contributed by atoms with Crippen LogP contribution in [0.3, 0.4) is 0 Å². The summed E-state index contributed by atoms with van der Waals surface area (Å²) in [7, 11) is 0. The lowest BCUT2D eigenvalue weighted by Crippen LogP contribution is -2.13. The molecule has 0 aliphatic heterocycles. The van der Waals surface area contributed by atoms with Gasteiger partial charge in [-0.2, -0.15) is 0 Å². The van der Waals surface area contributed by atoms with Gasteiger partial charge in [0, 0.05) is 59.2 Å². The van der Waals surface area contributed by atoms with Crippen molar-refractivity contribution < 1.29 is 36.7 Å². The molecule has 5 aromatic rings. The number of Topliss-reactive ketones (excluding diaryl/α,β-unsaturated/α-hetero) is 4. The largest absolute Gasteiger partial charge is 0.285 e. The number of carbonyl (C=O) groups excluding carboxylic acids is 4. The molecule has 0 saturated heterocycles. The lowest BCUT2D eigenvalue weighted by Gasteiger charge is -2.19. The van der Waals surface area contributed by atoms with E-state index in [1.807, 2.05) is 12.1 Å². The average Bonchev–Trinajstić information content (AvgIpc) is 3.74. The van der Waals surface area contributed by atoms with Crippen LogP contribution in [0.4, 0.5) is 17.6 Å². The zero-order valence-corrected chi connectivity index (χ0v) is 24.9. The fourth-order valence-electron chi connectivity index (χ4n) is 6.27.